The largest absolute Gasteiger partial charge is 0.493 e. The summed E-state index contributed by atoms with van der Waals surface area (Å²) in [5.74, 6) is 1.42. The van der Waals surface area contributed by atoms with Crippen LogP contribution in [0.4, 0.5) is 4.79 Å². The van der Waals surface area contributed by atoms with Gasteiger partial charge < -0.3 is 24.0 Å². The molecule has 0 aliphatic carbocycles. The molecule has 1 amide bonds. The molecular formula is C18H29N3O4. The van der Waals surface area contributed by atoms with E-state index in [0.29, 0.717) is 23.8 Å². The lowest BCUT2D eigenvalue weighted by Crippen LogP contribution is -2.45. The lowest BCUT2D eigenvalue weighted by Gasteiger charge is -2.34. The number of rotatable bonds is 6. The number of hydrogen-bond acceptors (Lipinski definition) is 6. The summed E-state index contributed by atoms with van der Waals surface area (Å²) < 4.78 is 16.4. The lowest BCUT2D eigenvalue weighted by molar-refractivity contribution is 0.130. The van der Waals surface area contributed by atoms with Crippen LogP contribution in [0.25, 0.3) is 0 Å². The molecular weight excluding hydrogens is 322 g/mol. The van der Waals surface area contributed by atoms with Crippen molar-refractivity contribution >= 4 is 6.09 Å². The highest BCUT2D eigenvalue weighted by Gasteiger charge is 2.23. The maximum atomic E-state index is 12.1. The predicted octanol–water partition coefficient (Wildman–Crippen LogP) is 1.90. The number of piperazine rings is 1. The van der Waals surface area contributed by atoms with Crippen LogP contribution in [-0.2, 0) is 6.54 Å². The molecule has 140 valence electrons. The summed E-state index contributed by atoms with van der Waals surface area (Å²) in [6.07, 6.45) is -0.441. The summed E-state index contributed by atoms with van der Waals surface area (Å²) in [5, 5.41) is 0. The summed E-state index contributed by atoms with van der Waals surface area (Å²) in [6, 6.07) is 3.79. The quantitative estimate of drug-likeness (QED) is 0.780. The molecule has 0 spiro atoms. The van der Waals surface area contributed by atoms with Crippen molar-refractivity contribution in [3.63, 3.8) is 0 Å². The van der Waals surface area contributed by atoms with Crippen molar-refractivity contribution in [2.45, 2.75) is 13.5 Å². The van der Waals surface area contributed by atoms with E-state index in [9.17, 15) is 4.79 Å². The number of carbonyl (C=O) groups excluding carboxylic acids is 1. The number of benzene rings is 1. The first-order valence-electron chi connectivity index (χ1n) is 8.57. The van der Waals surface area contributed by atoms with E-state index in [-0.39, 0.29) is 0 Å². The molecule has 7 heteroatoms. The minimum Gasteiger partial charge on any atom is -0.493 e. The van der Waals surface area contributed by atoms with Gasteiger partial charge >= 0.3 is 6.09 Å². The number of nitrogens with zero attached hydrogens (tertiary/aromatic N) is 3. The highest BCUT2D eigenvalue weighted by Crippen LogP contribution is 2.40. The number of ether oxygens (including phenoxy) is 3. The SMILES string of the molecule is CCN1CCN(Cc2ccc(OC)c(OC)c2OC(=O)N(C)C)CC1. The van der Waals surface area contributed by atoms with Gasteiger partial charge in [0.25, 0.3) is 0 Å². The first kappa shape index (κ1) is 19.3. The summed E-state index contributed by atoms with van der Waals surface area (Å²) in [6.45, 7) is 8.05. The fraction of sp³-hybridized carbons (Fsp3) is 0.611. The van der Waals surface area contributed by atoms with E-state index in [0.717, 1.165) is 38.3 Å². The van der Waals surface area contributed by atoms with E-state index in [1.165, 1.54) is 4.90 Å². The molecule has 0 saturated carbocycles. The van der Waals surface area contributed by atoms with Gasteiger partial charge in [0.2, 0.25) is 5.75 Å². The van der Waals surface area contributed by atoms with Crippen LogP contribution in [0.3, 0.4) is 0 Å². The van der Waals surface area contributed by atoms with Crippen LogP contribution < -0.4 is 14.2 Å². The fourth-order valence-electron chi connectivity index (χ4n) is 2.86. The Morgan fingerprint density at radius 3 is 2.20 bits per heavy atom. The number of likely N-dealkylation sites (N-methyl/N-ethyl adjacent to an activating group) is 1. The second kappa shape index (κ2) is 8.92. The Bertz CT molecular complexity index is 584. The molecule has 1 aliphatic rings. The molecule has 0 aromatic heterocycles. The summed E-state index contributed by atoms with van der Waals surface area (Å²) >= 11 is 0. The average Bonchev–Trinajstić information content (AvgIpc) is 2.63. The fourth-order valence-corrected chi connectivity index (χ4v) is 2.86. The Labute approximate surface area is 150 Å². The number of amides is 1. The van der Waals surface area contributed by atoms with Crippen LogP contribution in [0.15, 0.2) is 12.1 Å². The second-order valence-corrected chi connectivity index (χ2v) is 6.26. The molecule has 7 nitrogen and oxygen atoms in total. The first-order chi connectivity index (χ1) is 12.0. The topological polar surface area (TPSA) is 54.5 Å². The summed E-state index contributed by atoms with van der Waals surface area (Å²) in [7, 11) is 6.42. The van der Waals surface area contributed by atoms with Crippen molar-refractivity contribution in [2.75, 3.05) is 61.0 Å². The molecule has 0 atom stereocenters. The Morgan fingerprint density at radius 2 is 1.68 bits per heavy atom. The molecule has 0 unspecified atom stereocenters. The van der Waals surface area contributed by atoms with Crippen molar-refractivity contribution in [3.8, 4) is 17.2 Å². The monoisotopic (exact) mass is 351 g/mol. The zero-order valence-corrected chi connectivity index (χ0v) is 15.9. The van der Waals surface area contributed by atoms with Crippen LogP contribution in [0.5, 0.6) is 17.2 Å². The Balaban J connectivity index is 2.25. The highest BCUT2D eigenvalue weighted by atomic mass is 16.6. The van der Waals surface area contributed by atoms with Gasteiger partial charge in [0.05, 0.1) is 14.2 Å². The van der Waals surface area contributed by atoms with Crippen molar-refractivity contribution in [1.82, 2.24) is 14.7 Å². The van der Waals surface area contributed by atoms with E-state index in [1.807, 2.05) is 12.1 Å². The van der Waals surface area contributed by atoms with Crippen LogP contribution in [0.2, 0.25) is 0 Å². The third-order valence-electron chi connectivity index (χ3n) is 4.44. The molecule has 1 heterocycles. The zero-order valence-electron chi connectivity index (χ0n) is 15.9. The Morgan fingerprint density at radius 1 is 1.04 bits per heavy atom. The van der Waals surface area contributed by atoms with Gasteiger partial charge in [-0.15, -0.1) is 0 Å². The predicted molar refractivity (Wildman–Crippen MR) is 96.6 cm³/mol. The van der Waals surface area contributed by atoms with Gasteiger partial charge in [-0.3, -0.25) is 4.90 Å². The van der Waals surface area contributed by atoms with Gasteiger partial charge in [-0.1, -0.05) is 13.0 Å². The van der Waals surface area contributed by atoms with Crippen molar-refractivity contribution in [1.29, 1.82) is 0 Å². The normalized spacial score (nSPS) is 15.7. The molecule has 0 N–H and O–H groups in total. The van der Waals surface area contributed by atoms with Gasteiger partial charge in [0.15, 0.2) is 11.5 Å². The Kier molecular flexibility index (Phi) is 6.90. The van der Waals surface area contributed by atoms with Crippen LogP contribution in [0.1, 0.15) is 12.5 Å². The highest BCUT2D eigenvalue weighted by molar-refractivity contribution is 5.73. The van der Waals surface area contributed by atoms with E-state index >= 15 is 0 Å². The van der Waals surface area contributed by atoms with Crippen molar-refractivity contribution in [3.05, 3.63) is 17.7 Å². The zero-order chi connectivity index (χ0) is 18.4. The molecule has 1 aliphatic heterocycles. The molecule has 0 radical (unpaired) electrons. The minimum absolute atomic E-state index is 0.429. The van der Waals surface area contributed by atoms with Crippen LogP contribution >= 0.6 is 0 Å². The number of hydrogen-bond donors (Lipinski definition) is 0. The van der Waals surface area contributed by atoms with Crippen molar-refractivity contribution in [2.24, 2.45) is 0 Å². The number of carbonyl (C=O) groups is 1. The van der Waals surface area contributed by atoms with Gasteiger partial charge in [0, 0.05) is 52.4 Å². The van der Waals surface area contributed by atoms with Gasteiger partial charge in [-0.05, 0) is 12.6 Å². The molecule has 25 heavy (non-hydrogen) atoms. The first-order valence-corrected chi connectivity index (χ1v) is 8.57. The molecule has 0 bridgehead atoms. The molecule has 1 aromatic rings. The Hall–Kier alpha value is -1.99. The lowest BCUT2D eigenvalue weighted by atomic mass is 10.1. The third-order valence-corrected chi connectivity index (χ3v) is 4.44. The van der Waals surface area contributed by atoms with Gasteiger partial charge in [0.1, 0.15) is 0 Å². The van der Waals surface area contributed by atoms with E-state index < -0.39 is 6.09 Å². The van der Waals surface area contributed by atoms with E-state index in [2.05, 4.69) is 16.7 Å². The maximum absolute atomic E-state index is 12.1. The average molecular weight is 351 g/mol. The molecule has 1 aromatic carbocycles. The van der Waals surface area contributed by atoms with Gasteiger partial charge in [-0.25, -0.2) is 4.79 Å². The third kappa shape index (κ3) is 4.76. The standard InChI is InChI=1S/C18H29N3O4/c1-6-20-9-11-21(12-10-20)13-14-7-8-15(23-4)17(24-5)16(14)25-18(22)19(2)3/h7-8H,6,9-13H2,1-5H3. The summed E-state index contributed by atoms with van der Waals surface area (Å²) in [4.78, 5) is 18.3. The second-order valence-electron chi connectivity index (χ2n) is 6.26. The van der Waals surface area contributed by atoms with E-state index in [1.54, 1.807) is 28.3 Å². The number of methoxy groups -OCH3 is 2. The molecule has 1 saturated heterocycles. The smallest absolute Gasteiger partial charge is 0.414 e. The molecule has 2 rings (SSSR count). The summed E-state index contributed by atoms with van der Waals surface area (Å²) in [5.41, 5.74) is 0.915. The van der Waals surface area contributed by atoms with E-state index in [4.69, 9.17) is 14.2 Å². The van der Waals surface area contributed by atoms with Gasteiger partial charge in [-0.2, -0.15) is 0 Å². The molecule has 1 fully saturated rings. The maximum Gasteiger partial charge on any atom is 0.414 e. The van der Waals surface area contributed by atoms with Crippen LogP contribution in [0, 0.1) is 0 Å². The van der Waals surface area contributed by atoms with Crippen molar-refractivity contribution < 1.29 is 19.0 Å². The van der Waals surface area contributed by atoms with Crippen LogP contribution in [-0.4, -0.2) is 81.8 Å². The minimum atomic E-state index is -0.441.